The molecule has 0 aliphatic carbocycles. The number of nitrogens with zero attached hydrogens (tertiary/aromatic N) is 4. The Kier molecular flexibility index (Phi) is 3.65. The van der Waals surface area contributed by atoms with Crippen molar-refractivity contribution >= 4 is 11.8 Å². The van der Waals surface area contributed by atoms with Crippen molar-refractivity contribution in [1.29, 1.82) is 0 Å². The van der Waals surface area contributed by atoms with E-state index in [2.05, 4.69) is 19.9 Å². The molecule has 2 aromatic rings. The van der Waals surface area contributed by atoms with Gasteiger partial charge < -0.3 is 5.73 Å². The third kappa shape index (κ3) is 3.21. The smallest absolute Gasteiger partial charge is 0.195 e. The van der Waals surface area contributed by atoms with Crippen LogP contribution in [-0.2, 0) is 6.54 Å². The molecular weight excluding hydrogens is 234 g/mol. The van der Waals surface area contributed by atoms with E-state index in [0.717, 1.165) is 17.1 Å². The van der Waals surface area contributed by atoms with Gasteiger partial charge >= 0.3 is 0 Å². The average Bonchev–Trinajstić information content (AvgIpc) is 2.28. The molecular formula is C11H13N5S. The summed E-state index contributed by atoms with van der Waals surface area (Å²) in [6.45, 7) is 4.29. The molecule has 0 amide bonds. The summed E-state index contributed by atoms with van der Waals surface area (Å²) in [5.74, 6) is 0. The van der Waals surface area contributed by atoms with Gasteiger partial charge in [-0.25, -0.2) is 19.9 Å². The number of nitrogens with two attached hydrogens (primary N) is 1. The molecule has 2 N–H and O–H groups in total. The maximum Gasteiger partial charge on any atom is 0.195 e. The van der Waals surface area contributed by atoms with E-state index in [-0.39, 0.29) is 0 Å². The normalized spacial score (nSPS) is 10.5. The van der Waals surface area contributed by atoms with E-state index in [1.165, 1.54) is 11.8 Å². The summed E-state index contributed by atoms with van der Waals surface area (Å²) >= 11 is 1.35. The number of rotatable bonds is 3. The first kappa shape index (κ1) is 11.9. The predicted octanol–water partition coefficient (Wildman–Crippen LogP) is 1.49. The molecule has 6 heteroatoms. The Morgan fingerprint density at radius 3 is 2.47 bits per heavy atom. The van der Waals surface area contributed by atoms with Gasteiger partial charge in [0, 0.05) is 24.1 Å². The standard InChI is InChI=1S/C11H13N5S/c1-7-5-8(2)15-11(14-7)17-10-13-4-3-9(6-12)16-10/h3-5H,6,12H2,1-2H3. The van der Waals surface area contributed by atoms with Crippen LogP contribution in [0.5, 0.6) is 0 Å². The van der Waals surface area contributed by atoms with Crippen molar-refractivity contribution in [1.82, 2.24) is 19.9 Å². The second kappa shape index (κ2) is 5.20. The molecule has 0 saturated carbocycles. The molecule has 0 atom stereocenters. The van der Waals surface area contributed by atoms with Crippen LogP contribution in [0.4, 0.5) is 0 Å². The molecule has 0 fully saturated rings. The third-order valence-corrected chi connectivity index (χ3v) is 2.79. The minimum atomic E-state index is 0.407. The second-order valence-electron chi connectivity index (χ2n) is 3.57. The Morgan fingerprint density at radius 2 is 1.82 bits per heavy atom. The number of aryl methyl sites for hydroxylation is 2. The van der Waals surface area contributed by atoms with Crippen molar-refractivity contribution in [2.24, 2.45) is 5.73 Å². The van der Waals surface area contributed by atoms with Gasteiger partial charge in [-0.1, -0.05) is 0 Å². The first-order valence-electron chi connectivity index (χ1n) is 5.19. The van der Waals surface area contributed by atoms with Gasteiger partial charge in [-0.2, -0.15) is 0 Å². The van der Waals surface area contributed by atoms with Crippen molar-refractivity contribution in [2.75, 3.05) is 0 Å². The van der Waals surface area contributed by atoms with E-state index in [1.54, 1.807) is 12.3 Å². The first-order valence-corrected chi connectivity index (χ1v) is 6.01. The summed E-state index contributed by atoms with van der Waals surface area (Å²) in [6, 6.07) is 3.73. The molecule has 0 bridgehead atoms. The highest BCUT2D eigenvalue weighted by atomic mass is 32.2. The lowest BCUT2D eigenvalue weighted by atomic mass is 10.4. The molecule has 5 nitrogen and oxygen atoms in total. The molecule has 0 aliphatic rings. The van der Waals surface area contributed by atoms with Crippen LogP contribution in [0.25, 0.3) is 0 Å². The fourth-order valence-electron chi connectivity index (χ4n) is 1.36. The van der Waals surface area contributed by atoms with Gasteiger partial charge in [0.2, 0.25) is 0 Å². The lowest BCUT2D eigenvalue weighted by Gasteiger charge is -2.02. The van der Waals surface area contributed by atoms with E-state index in [9.17, 15) is 0 Å². The lowest BCUT2D eigenvalue weighted by Crippen LogP contribution is -2.01. The highest BCUT2D eigenvalue weighted by Gasteiger charge is 2.05. The molecule has 0 radical (unpaired) electrons. The minimum Gasteiger partial charge on any atom is -0.325 e. The van der Waals surface area contributed by atoms with E-state index in [0.29, 0.717) is 16.9 Å². The summed E-state index contributed by atoms with van der Waals surface area (Å²) < 4.78 is 0. The van der Waals surface area contributed by atoms with Crippen molar-refractivity contribution in [3.8, 4) is 0 Å². The van der Waals surface area contributed by atoms with Crippen LogP contribution < -0.4 is 5.73 Å². The number of hydrogen-bond donors (Lipinski definition) is 1. The Bertz CT molecular complexity index is 509. The van der Waals surface area contributed by atoms with Gasteiger partial charge in [-0.05, 0) is 37.7 Å². The Labute approximate surface area is 104 Å². The summed E-state index contributed by atoms with van der Waals surface area (Å²) in [6.07, 6.45) is 1.69. The van der Waals surface area contributed by atoms with Crippen molar-refractivity contribution in [3.05, 3.63) is 35.4 Å². The second-order valence-corrected chi connectivity index (χ2v) is 4.50. The van der Waals surface area contributed by atoms with Crippen molar-refractivity contribution < 1.29 is 0 Å². The summed E-state index contributed by atoms with van der Waals surface area (Å²) in [4.78, 5) is 17.1. The monoisotopic (exact) mass is 247 g/mol. The van der Waals surface area contributed by atoms with Crippen molar-refractivity contribution in [3.63, 3.8) is 0 Å². The van der Waals surface area contributed by atoms with Crippen LogP contribution in [0.15, 0.2) is 28.6 Å². The zero-order chi connectivity index (χ0) is 12.3. The third-order valence-electron chi connectivity index (χ3n) is 2.04. The van der Waals surface area contributed by atoms with E-state index < -0.39 is 0 Å². The maximum atomic E-state index is 5.53. The van der Waals surface area contributed by atoms with Gasteiger partial charge in [0.1, 0.15) is 0 Å². The van der Waals surface area contributed by atoms with Crippen LogP contribution in [0.2, 0.25) is 0 Å². The highest BCUT2D eigenvalue weighted by molar-refractivity contribution is 7.99. The molecule has 0 aliphatic heterocycles. The minimum absolute atomic E-state index is 0.407. The summed E-state index contributed by atoms with van der Waals surface area (Å²) in [5.41, 5.74) is 8.22. The van der Waals surface area contributed by atoms with Gasteiger partial charge in [0.25, 0.3) is 0 Å². The molecule has 0 saturated heterocycles. The molecule has 2 rings (SSSR count). The first-order chi connectivity index (χ1) is 8.17. The van der Waals surface area contributed by atoms with Crippen LogP contribution in [-0.4, -0.2) is 19.9 Å². The molecule has 0 spiro atoms. The fraction of sp³-hybridized carbons (Fsp3) is 0.273. The van der Waals surface area contributed by atoms with E-state index in [1.807, 2.05) is 19.9 Å². The molecule has 0 aromatic carbocycles. The Balaban J connectivity index is 2.24. The Morgan fingerprint density at radius 1 is 1.12 bits per heavy atom. The lowest BCUT2D eigenvalue weighted by molar-refractivity contribution is 0.856. The molecule has 17 heavy (non-hydrogen) atoms. The highest BCUT2D eigenvalue weighted by Crippen LogP contribution is 2.21. The van der Waals surface area contributed by atoms with E-state index in [4.69, 9.17) is 5.73 Å². The molecule has 2 heterocycles. The zero-order valence-corrected chi connectivity index (χ0v) is 10.5. The number of hydrogen-bond acceptors (Lipinski definition) is 6. The summed E-state index contributed by atoms with van der Waals surface area (Å²) in [7, 11) is 0. The van der Waals surface area contributed by atoms with Crippen molar-refractivity contribution in [2.45, 2.75) is 30.7 Å². The maximum absolute atomic E-state index is 5.53. The Hall–Kier alpha value is -1.53. The quantitative estimate of drug-likeness (QED) is 0.828. The van der Waals surface area contributed by atoms with Crippen LogP contribution in [0.1, 0.15) is 17.1 Å². The fourth-order valence-corrected chi connectivity index (χ4v) is 2.18. The van der Waals surface area contributed by atoms with Crippen LogP contribution in [0.3, 0.4) is 0 Å². The average molecular weight is 247 g/mol. The predicted molar refractivity (Wildman–Crippen MR) is 65.6 cm³/mol. The molecule has 88 valence electrons. The van der Waals surface area contributed by atoms with Gasteiger partial charge in [0.05, 0.1) is 5.69 Å². The largest absolute Gasteiger partial charge is 0.325 e. The zero-order valence-electron chi connectivity index (χ0n) is 9.71. The molecule has 2 aromatic heterocycles. The van der Waals surface area contributed by atoms with Gasteiger partial charge in [0.15, 0.2) is 10.3 Å². The SMILES string of the molecule is Cc1cc(C)nc(Sc2nccc(CN)n2)n1. The molecule has 0 unspecified atom stereocenters. The van der Waals surface area contributed by atoms with Gasteiger partial charge in [-0.3, -0.25) is 0 Å². The van der Waals surface area contributed by atoms with Crippen LogP contribution >= 0.6 is 11.8 Å². The number of aromatic nitrogens is 4. The van der Waals surface area contributed by atoms with E-state index >= 15 is 0 Å². The summed E-state index contributed by atoms with van der Waals surface area (Å²) in [5, 5.41) is 1.29. The van der Waals surface area contributed by atoms with Gasteiger partial charge in [-0.15, -0.1) is 0 Å². The topological polar surface area (TPSA) is 77.6 Å². The van der Waals surface area contributed by atoms with Crippen LogP contribution in [0, 0.1) is 13.8 Å².